The molecule has 0 aliphatic heterocycles. The Balaban J connectivity index is 2.22. The minimum Gasteiger partial charge on any atom is -0.456 e. The van der Waals surface area contributed by atoms with Crippen LogP contribution in [0.1, 0.15) is 5.56 Å². The Hall–Kier alpha value is -1.06. The van der Waals surface area contributed by atoms with Crippen LogP contribution < -0.4 is 4.74 Å². The number of alkyl halides is 1. The largest absolute Gasteiger partial charge is 0.456 e. The molecule has 0 heterocycles. The molecule has 0 bridgehead atoms. The van der Waals surface area contributed by atoms with Gasteiger partial charge in [-0.15, -0.1) is 11.6 Å². The maximum Gasteiger partial charge on any atom is 0.144 e. The first-order valence-corrected chi connectivity index (χ1v) is 6.29. The lowest BCUT2D eigenvalue weighted by atomic mass is 10.2. The standard InChI is InChI=1S/C13H9BrClFO/c14-12-6-3-10(16)7-13(12)17-11-4-1-9(8-15)2-5-11/h1-7H,8H2. The molecule has 2 aromatic rings. The Morgan fingerprint density at radius 3 is 2.47 bits per heavy atom. The van der Waals surface area contributed by atoms with Crippen molar-refractivity contribution in [1.82, 2.24) is 0 Å². The van der Waals surface area contributed by atoms with E-state index in [9.17, 15) is 4.39 Å². The smallest absolute Gasteiger partial charge is 0.144 e. The van der Waals surface area contributed by atoms with E-state index in [1.54, 1.807) is 18.2 Å². The van der Waals surface area contributed by atoms with E-state index in [-0.39, 0.29) is 5.82 Å². The zero-order valence-electron chi connectivity index (χ0n) is 8.79. The maximum absolute atomic E-state index is 13.1. The van der Waals surface area contributed by atoms with E-state index in [1.807, 2.05) is 12.1 Å². The van der Waals surface area contributed by atoms with Gasteiger partial charge in [-0.25, -0.2) is 4.39 Å². The Labute approximate surface area is 112 Å². The molecule has 0 atom stereocenters. The quantitative estimate of drug-likeness (QED) is 0.714. The number of halogens is 3. The molecule has 0 fully saturated rings. The first-order valence-electron chi connectivity index (χ1n) is 4.97. The van der Waals surface area contributed by atoms with E-state index in [1.165, 1.54) is 12.1 Å². The second-order valence-corrected chi connectivity index (χ2v) is 4.58. The second kappa shape index (κ2) is 5.52. The minimum absolute atomic E-state index is 0.333. The number of ether oxygens (including phenoxy) is 1. The Morgan fingerprint density at radius 2 is 1.82 bits per heavy atom. The first kappa shape index (κ1) is 12.4. The zero-order chi connectivity index (χ0) is 12.3. The number of hydrogen-bond donors (Lipinski definition) is 0. The minimum atomic E-state index is -0.333. The average molecular weight is 316 g/mol. The van der Waals surface area contributed by atoms with Gasteiger partial charge in [-0.1, -0.05) is 12.1 Å². The highest BCUT2D eigenvalue weighted by Gasteiger charge is 2.04. The van der Waals surface area contributed by atoms with Gasteiger partial charge in [0.25, 0.3) is 0 Å². The van der Waals surface area contributed by atoms with E-state index in [0.717, 1.165) is 5.56 Å². The van der Waals surface area contributed by atoms with Crippen molar-refractivity contribution < 1.29 is 9.13 Å². The van der Waals surface area contributed by atoms with E-state index >= 15 is 0 Å². The summed E-state index contributed by atoms with van der Waals surface area (Å²) in [6.07, 6.45) is 0. The van der Waals surface area contributed by atoms with Gasteiger partial charge in [0.2, 0.25) is 0 Å². The molecular weight excluding hydrogens is 306 g/mol. The van der Waals surface area contributed by atoms with Crippen molar-refractivity contribution in [3.8, 4) is 11.5 Å². The third kappa shape index (κ3) is 3.20. The van der Waals surface area contributed by atoms with Crippen LogP contribution >= 0.6 is 27.5 Å². The van der Waals surface area contributed by atoms with Crippen LogP contribution in [0.4, 0.5) is 4.39 Å². The highest BCUT2D eigenvalue weighted by atomic mass is 79.9. The van der Waals surface area contributed by atoms with Crippen LogP contribution in [-0.2, 0) is 5.88 Å². The van der Waals surface area contributed by atoms with Gasteiger partial charge < -0.3 is 4.74 Å². The summed E-state index contributed by atoms with van der Waals surface area (Å²) in [5, 5.41) is 0. The molecule has 88 valence electrons. The van der Waals surface area contributed by atoms with Crippen LogP contribution in [0.2, 0.25) is 0 Å². The average Bonchev–Trinajstić information content (AvgIpc) is 2.35. The summed E-state index contributed by atoms with van der Waals surface area (Å²) in [5.74, 6) is 1.22. The van der Waals surface area contributed by atoms with Crippen LogP contribution in [0.3, 0.4) is 0 Å². The summed E-state index contributed by atoms with van der Waals surface area (Å²) in [6, 6.07) is 11.7. The van der Waals surface area contributed by atoms with Gasteiger partial charge in [-0.05, 0) is 45.8 Å². The van der Waals surface area contributed by atoms with E-state index < -0.39 is 0 Å². The molecule has 4 heteroatoms. The molecule has 0 saturated carbocycles. The fourth-order valence-electron chi connectivity index (χ4n) is 1.33. The topological polar surface area (TPSA) is 9.23 Å². The van der Waals surface area contributed by atoms with Crippen LogP contribution in [0.15, 0.2) is 46.9 Å². The Morgan fingerprint density at radius 1 is 1.12 bits per heavy atom. The molecule has 0 amide bonds. The van der Waals surface area contributed by atoms with Crippen LogP contribution in [0.25, 0.3) is 0 Å². The van der Waals surface area contributed by atoms with Crippen LogP contribution in [-0.4, -0.2) is 0 Å². The van der Waals surface area contributed by atoms with Gasteiger partial charge in [0.05, 0.1) is 4.47 Å². The van der Waals surface area contributed by atoms with Gasteiger partial charge in [0.1, 0.15) is 17.3 Å². The Kier molecular flexibility index (Phi) is 4.02. The lowest BCUT2D eigenvalue weighted by molar-refractivity contribution is 0.473. The van der Waals surface area contributed by atoms with Crippen LogP contribution in [0.5, 0.6) is 11.5 Å². The summed E-state index contributed by atoms with van der Waals surface area (Å²) < 4.78 is 19.3. The van der Waals surface area contributed by atoms with E-state index in [2.05, 4.69) is 15.9 Å². The number of benzene rings is 2. The third-order valence-corrected chi connectivity index (χ3v) is 3.16. The fourth-order valence-corrected chi connectivity index (χ4v) is 1.83. The molecule has 2 aromatic carbocycles. The summed E-state index contributed by atoms with van der Waals surface area (Å²) in [7, 11) is 0. The van der Waals surface area contributed by atoms with Crippen molar-refractivity contribution in [2.75, 3.05) is 0 Å². The molecule has 1 nitrogen and oxygen atoms in total. The zero-order valence-corrected chi connectivity index (χ0v) is 11.1. The molecule has 0 N–H and O–H groups in total. The summed E-state index contributed by atoms with van der Waals surface area (Å²) in [5.41, 5.74) is 1.01. The molecule has 0 aliphatic rings. The van der Waals surface area contributed by atoms with Crippen molar-refractivity contribution in [2.45, 2.75) is 5.88 Å². The van der Waals surface area contributed by atoms with E-state index in [4.69, 9.17) is 16.3 Å². The normalized spacial score (nSPS) is 10.3. The molecule has 17 heavy (non-hydrogen) atoms. The van der Waals surface area contributed by atoms with Gasteiger partial charge in [-0.2, -0.15) is 0 Å². The summed E-state index contributed by atoms with van der Waals surface area (Å²) >= 11 is 8.99. The van der Waals surface area contributed by atoms with Crippen molar-refractivity contribution in [3.05, 3.63) is 58.3 Å². The lowest BCUT2D eigenvalue weighted by Gasteiger charge is -2.08. The van der Waals surface area contributed by atoms with Gasteiger partial charge in [0.15, 0.2) is 0 Å². The SMILES string of the molecule is Fc1ccc(Br)c(Oc2ccc(CCl)cc2)c1. The predicted molar refractivity (Wildman–Crippen MR) is 70.2 cm³/mol. The van der Waals surface area contributed by atoms with E-state index in [0.29, 0.717) is 21.9 Å². The predicted octanol–water partition coefficient (Wildman–Crippen LogP) is 5.12. The first-order chi connectivity index (χ1) is 8.19. The van der Waals surface area contributed by atoms with Gasteiger partial charge >= 0.3 is 0 Å². The third-order valence-electron chi connectivity index (χ3n) is 2.20. The van der Waals surface area contributed by atoms with Gasteiger partial charge in [-0.3, -0.25) is 0 Å². The molecule has 0 saturated heterocycles. The molecule has 0 aromatic heterocycles. The second-order valence-electron chi connectivity index (χ2n) is 3.45. The maximum atomic E-state index is 13.1. The lowest BCUT2D eigenvalue weighted by Crippen LogP contribution is -1.87. The van der Waals surface area contributed by atoms with Crippen molar-refractivity contribution in [2.24, 2.45) is 0 Å². The van der Waals surface area contributed by atoms with Crippen molar-refractivity contribution in [1.29, 1.82) is 0 Å². The molecular formula is C13H9BrClFO. The molecule has 0 aliphatic carbocycles. The molecule has 0 radical (unpaired) electrons. The summed E-state index contributed by atoms with van der Waals surface area (Å²) in [6.45, 7) is 0. The number of hydrogen-bond acceptors (Lipinski definition) is 1. The van der Waals surface area contributed by atoms with Crippen molar-refractivity contribution >= 4 is 27.5 Å². The monoisotopic (exact) mass is 314 g/mol. The van der Waals surface area contributed by atoms with Gasteiger partial charge in [0, 0.05) is 11.9 Å². The number of rotatable bonds is 3. The highest BCUT2D eigenvalue weighted by molar-refractivity contribution is 9.10. The molecule has 0 unspecified atom stereocenters. The summed E-state index contributed by atoms with van der Waals surface area (Å²) in [4.78, 5) is 0. The fraction of sp³-hybridized carbons (Fsp3) is 0.0769. The molecule has 2 rings (SSSR count). The highest BCUT2D eigenvalue weighted by Crippen LogP contribution is 2.30. The molecule has 0 spiro atoms. The Bertz CT molecular complexity index is 513. The van der Waals surface area contributed by atoms with Crippen LogP contribution in [0, 0.1) is 5.82 Å². The van der Waals surface area contributed by atoms with Crippen molar-refractivity contribution in [3.63, 3.8) is 0 Å².